The van der Waals surface area contributed by atoms with E-state index in [0.717, 1.165) is 29.3 Å². The fraction of sp³-hybridized carbons (Fsp3) is 0.391. The molecule has 5 unspecified atom stereocenters. The molecule has 0 spiro atoms. The fourth-order valence-electron chi connectivity index (χ4n) is 4.13. The van der Waals surface area contributed by atoms with E-state index in [1.54, 1.807) is 0 Å². The monoisotopic (exact) mass is 499 g/mol. The first kappa shape index (κ1) is 24.9. The molecular formula is C23H21F4NO7. The van der Waals surface area contributed by atoms with Gasteiger partial charge in [-0.3, -0.25) is 0 Å². The van der Waals surface area contributed by atoms with Crippen molar-refractivity contribution in [2.75, 3.05) is 13.2 Å². The molecule has 8 nitrogen and oxygen atoms in total. The lowest BCUT2D eigenvalue weighted by atomic mass is 9.80. The molecule has 2 aromatic rings. The maximum Gasteiger partial charge on any atom is 0.416 e. The Morgan fingerprint density at radius 3 is 2.23 bits per heavy atom. The van der Waals surface area contributed by atoms with Crippen LogP contribution in [-0.4, -0.2) is 58.8 Å². The predicted molar refractivity (Wildman–Crippen MR) is 109 cm³/mol. The summed E-state index contributed by atoms with van der Waals surface area (Å²) < 4.78 is 63.1. The van der Waals surface area contributed by atoms with Gasteiger partial charge in [-0.15, -0.1) is 0 Å². The Labute approximate surface area is 196 Å². The van der Waals surface area contributed by atoms with Gasteiger partial charge in [-0.1, -0.05) is 17.2 Å². The molecule has 2 fully saturated rings. The highest BCUT2D eigenvalue weighted by atomic mass is 19.4. The quantitative estimate of drug-likeness (QED) is 0.488. The molecule has 2 heterocycles. The Bertz CT molecular complexity index is 1060. The fourth-order valence-corrected chi connectivity index (χ4v) is 4.13. The number of piperidine rings is 1. The topological polar surface area (TPSA) is 106 Å². The smallest absolute Gasteiger partial charge is 0.416 e. The summed E-state index contributed by atoms with van der Waals surface area (Å²) in [6, 6.07) is 9.57. The van der Waals surface area contributed by atoms with Crippen LogP contribution in [0.5, 0.6) is 5.75 Å². The standard InChI is InChI=1S/C23H21F4NO7/c24-14-5-1-12(2-6-14)16-9-10-28-20(34-21(31)18(29)19(30)22(32)35-28)17(16)11-33-15-7-3-13(4-8-15)23(25,26)27/h1-8,16-20,29-30H,9-11H2. The largest absolute Gasteiger partial charge is 0.493 e. The molecule has 0 radical (unpaired) electrons. The van der Waals surface area contributed by atoms with E-state index in [1.165, 1.54) is 24.3 Å². The van der Waals surface area contributed by atoms with E-state index < -0.39 is 59.8 Å². The molecule has 2 aromatic carbocycles. The van der Waals surface area contributed by atoms with Crippen molar-refractivity contribution in [3.8, 4) is 5.75 Å². The Morgan fingerprint density at radius 1 is 0.971 bits per heavy atom. The SMILES string of the molecule is O=C1OC2C(COc3ccc(C(F)(F)F)cc3)C(c3ccc(F)cc3)CCN2OC(=O)C(O)C1O. The number of hydroxylamine groups is 2. The number of benzene rings is 2. The first-order chi connectivity index (χ1) is 16.5. The Hall–Kier alpha value is -3.22. The summed E-state index contributed by atoms with van der Waals surface area (Å²) in [5.41, 5.74) is -0.191. The van der Waals surface area contributed by atoms with Gasteiger partial charge in [0, 0.05) is 6.54 Å². The van der Waals surface area contributed by atoms with Crippen molar-refractivity contribution in [2.45, 2.75) is 37.0 Å². The second kappa shape index (κ2) is 9.80. The van der Waals surface area contributed by atoms with E-state index in [1.807, 2.05) is 0 Å². The lowest BCUT2D eigenvalue weighted by Crippen LogP contribution is -2.58. The third kappa shape index (κ3) is 5.39. The molecule has 0 aromatic heterocycles. The van der Waals surface area contributed by atoms with E-state index >= 15 is 0 Å². The number of rotatable bonds is 4. The average Bonchev–Trinajstić information content (AvgIpc) is 2.82. The van der Waals surface area contributed by atoms with Gasteiger partial charge in [0.05, 0.1) is 18.1 Å². The summed E-state index contributed by atoms with van der Waals surface area (Å²) in [5.74, 6) is -4.02. The van der Waals surface area contributed by atoms with Gasteiger partial charge in [-0.2, -0.15) is 13.2 Å². The molecule has 188 valence electrons. The first-order valence-corrected chi connectivity index (χ1v) is 10.6. The summed E-state index contributed by atoms with van der Waals surface area (Å²) >= 11 is 0. The van der Waals surface area contributed by atoms with Crippen LogP contribution in [0.15, 0.2) is 48.5 Å². The predicted octanol–water partition coefficient (Wildman–Crippen LogP) is 2.39. The molecule has 2 saturated heterocycles. The molecule has 0 bridgehead atoms. The van der Waals surface area contributed by atoms with Gasteiger partial charge in [0.15, 0.2) is 18.4 Å². The minimum Gasteiger partial charge on any atom is -0.493 e. The number of esters is 1. The van der Waals surface area contributed by atoms with Crippen molar-refractivity contribution in [3.63, 3.8) is 0 Å². The Balaban J connectivity index is 1.62. The number of hydrogen-bond acceptors (Lipinski definition) is 8. The molecule has 0 amide bonds. The second-order valence-electron chi connectivity index (χ2n) is 8.21. The molecule has 0 aliphatic carbocycles. The van der Waals surface area contributed by atoms with Crippen LogP contribution < -0.4 is 4.74 Å². The number of aliphatic hydroxyl groups excluding tert-OH is 2. The van der Waals surface area contributed by atoms with Gasteiger partial charge in [0.25, 0.3) is 0 Å². The minimum absolute atomic E-state index is 0.0747. The summed E-state index contributed by atoms with van der Waals surface area (Å²) in [5, 5.41) is 20.7. The number of aliphatic hydroxyl groups is 2. The Morgan fingerprint density at radius 2 is 1.60 bits per heavy atom. The van der Waals surface area contributed by atoms with E-state index in [0.29, 0.717) is 12.0 Å². The lowest BCUT2D eigenvalue weighted by molar-refractivity contribution is -0.285. The average molecular weight is 499 g/mol. The normalized spacial score (nSPS) is 27.8. The van der Waals surface area contributed by atoms with Gasteiger partial charge >= 0.3 is 18.1 Å². The minimum atomic E-state index is -4.52. The van der Waals surface area contributed by atoms with Crippen LogP contribution in [0.2, 0.25) is 0 Å². The van der Waals surface area contributed by atoms with E-state index in [-0.39, 0.29) is 18.9 Å². The number of carbonyl (C=O) groups excluding carboxylic acids is 2. The van der Waals surface area contributed by atoms with Gasteiger partial charge < -0.3 is 24.5 Å². The number of hydrogen-bond donors (Lipinski definition) is 2. The van der Waals surface area contributed by atoms with Crippen LogP contribution >= 0.6 is 0 Å². The summed E-state index contributed by atoms with van der Waals surface area (Å²) in [6.07, 6.45) is -9.75. The summed E-state index contributed by atoms with van der Waals surface area (Å²) in [6.45, 7) is -0.122. The zero-order valence-electron chi connectivity index (χ0n) is 18.0. The molecule has 35 heavy (non-hydrogen) atoms. The summed E-state index contributed by atoms with van der Waals surface area (Å²) in [7, 11) is 0. The molecule has 5 atom stereocenters. The van der Waals surface area contributed by atoms with Crippen molar-refractivity contribution >= 4 is 11.9 Å². The number of ether oxygens (including phenoxy) is 2. The Kier molecular flexibility index (Phi) is 6.97. The maximum absolute atomic E-state index is 13.5. The van der Waals surface area contributed by atoms with Crippen molar-refractivity contribution in [2.24, 2.45) is 5.92 Å². The number of carbonyl (C=O) groups is 2. The number of halogens is 4. The van der Waals surface area contributed by atoms with Crippen LogP contribution in [0, 0.1) is 11.7 Å². The van der Waals surface area contributed by atoms with Gasteiger partial charge in [-0.25, -0.2) is 14.0 Å². The number of fused-ring (bicyclic) bond motifs is 1. The zero-order chi connectivity index (χ0) is 25.3. The molecular weight excluding hydrogens is 478 g/mol. The van der Waals surface area contributed by atoms with Gasteiger partial charge in [0.1, 0.15) is 11.6 Å². The highest BCUT2D eigenvalue weighted by Crippen LogP contribution is 2.39. The highest BCUT2D eigenvalue weighted by molar-refractivity contribution is 5.85. The third-order valence-electron chi connectivity index (χ3n) is 5.98. The van der Waals surface area contributed by atoms with Gasteiger partial charge in [0.2, 0.25) is 0 Å². The van der Waals surface area contributed by atoms with E-state index in [9.17, 15) is 37.4 Å². The molecule has 12 heteroatoms. The molecule has 2 N–H and O–H groups in total. The second-order valence-corrected chi connectivity index (χ2v) is 8.21. The number of alkyl halides is 3. The molecule has 0 saturated carbocycles. The van der Waals surface area contributed by atoms with Crippen LogP contribution in [0.3, 0.4) is 0 Å². The molecule has 4 rings (SSSR count). The zero-order valence-corrected chi connectivity index (χ0v) is 18.0. The van der Waals surface area contributed by atoms with Crippen molar-refractivity contribution < 1.29 is 51.7 Å². The highest BCUT2D eigenvalue weighted by Gasteiger charge is 2.48. The van der Waals surface area contributed by atoms with Crippen LogP contribution in [-0.2, 0) is 25.3 Å². The third-order valence-corrected chi connectivity index (χ3v) is 5.98. The van der Waals surface area contributed by atoms with E-state index in [4.69, 9.17) is 14.3 Å². The van der Waals surface area contributed by atoms with Crippen LogP contribution in [0.25, 0.3) is 0 Å². The summed E-state index contributed by atoms with van der Waals surface area (Å²) in [4.78, 5) is 29.6. The van der Waals surface area contributed by atoms with Crippen molar-refractivity contribution in [1.82, 2.24) is 5.06 Å². The van der Waals surface area contributed by atoms with Crippen molar-refractivity contribution in [3.05, 3.63) is 65.5 Å². The van der Waals surface area contributed by atoms with Crippen molar-refractivity contribution in [1.29, 1.82) is 0 Å². The van der Waals surface area contributed by atoms with E-state index in [2.05, 4.69) is 0 Å². The maximum atomic E-state index is 13.5. The molecule has 2 aliphatic heterocycles. The number of nitrogens with zero attached hydrogens (tertiary/aromatic N) is 1. The van der Waals surface area contributed by atoms with Gasteiger partial charge in [-0.05, 0) is 54.3 Å². The molecule has 2 aliphatic rings. The lowest BCUT2D eigenvalue weighted by Gasteiger charge is -2.44. The van der Waals surface area contributed by atoms with Crippen LogP contribution in [0.4, 0.5) is 17.6 Å². The van der Waals surface area contributed by atoms with Crippen LogP contribution in [0.1, 0.15) is 23.5 Å². The first-order valence-electron chi connectivity index (χ1n) is 10.6.